The maximum absolute atomic E-state index is 12.4. The third-order valence-corrected chi connectivity index (χ3v) is 5.57. The molecule has 170 valence electrons. The average molecular weight is 489 g/mol. The number of rotatable bonds is 8. The van der Waals surface area contributed by atoms with Gasteiger partial charge in [-0.15, -0.1) is 0 Å². The highest BCUT2D eigenvalue weighted by Crippen LogP contribution is 2.34. The number of aromatic nitrogens is 2. The van der Waals surface area contributed by atoms with Crippen LogP contribution >= 0.6 is 11.5 Å². The van der Waals surface area contributed by atoms with Crippen molar-refractivity contribution in [1.82, 2.24) is 9.36 Å². The lowest BCUT2D eigenvalue weighted by atomic mass is 10.1. The van der Waals surface area contributed by atoms with E-state index in [0.29, 0.717) is 23.9 Å². The van der Waals surface area contributed by atoms with Crippen LogP contribution in [0.25, 0.3) is 17.4 Å². The van der Waals surface area contributed by atoms with Crippen molar-refractivity contribution in [2.75, 3.05) is 18.2 Å². The highest BCUT2D eigenvalue weighted by atomic mass is 32.2. The normalized spacial score (nSPS) is 11.6. The number of nitrogens with zero attached hydrogens (tertiary/aromatic N) is 4. The first-order valence-electron chi connectivity index (χ1n) is 9.10. The summed E-state index contributed by atoms with van der Waals surface area (Å²) >= 11 is 0.643. The maximum atomic E-state index is 12.4. The Hall–Kier alpha value is -4.09. The van der Waals surface area contributed by atoms with E-state index >= 15 is 0 Å². The second-order valence-corrected chi connectivity index (χ2v) is 9.01. The van der Waals surface area contributed by atoms with Crippen LogP contribution in [0, 0.1) is 21.4 Å². The van der Waals surface area contributed by atoms with Gasteiger partial charge in [-0.25, -0.2) is 8.42 Å². The molecule has 3 rings (SSSR count). The fourth-order valence-corrected chi connectivity index (χ4v) is 4.01. The molecule has 3 aromatic rings. The monoisotopic (exact) mass is 489 g/mol. The number of anilines is 1. The Kier molecular flexibility index (Phi) is 6.85. The Bertz CT molecular complexity index is 1400. The highest BCUT2D eigenvalue weighted by Gasteiger charge is 2.21. The van der Waals surface area contributed by atoms with Crippen LogP contribution in [0.3, 0.4) is 0 Å². The maximum Gasteiger partial charge on any atom is 0.284 e. The number of nitro groups is 1. The molecule has 0 aliphatic rings. The van der Waals surface area contributed by atoms with E-state index in [1.807, 2.05) is 0 Å². The van der Waals surface area contributed by atoms with Gasteiger partial charge in [-0.05, 0) is 31.2 Å². The lowest BCUT2D eigenvalue weighted by molar-refractivity contribution is -0.384. The van der Waals surface area contributed by atoms with Crippen molar-refractivity contribution >= 4 is 44.2 Å². The van der Waals surface area contributed by atoms with Gasteiger partial charge in [-0.1, -0.05) is 0 Å². The molecule has 0 bridgehead atoms. The molecule has 0 saturated heterocycles. The van der Waals surface area contributed by atoms with E-state index in [-0.39, 0.29) is 33.5 Å². The van der Waals surface area contributed by atoms with Crippen LogP contribution in [0.1, 0.15) is 12.7 Å². The van der Waals surface area contributed by atoms with E-state index in [9.17, 15) is 28.6 Å². The van der Waals surface area contributed by atoms with Gasteiger partial charge in [0.1, 0.15) is 28.9 Å². The predicted molar refractivity (Wildman–Crippen MR) is 117 cm³/mol. The van der Waals surface area contributed by atoms with Crippen LogP contribution in [0.2, 0.25) is 0 Å². The van der Waals surface area contributed by atoms with Crippen molar-refractivity contribution < 1.29 is 27.3 Å². The Morgan fingerprint density at radius 2 is 2.15 bits per heavy atom. The first-order chi connectivity index (χ1) is 15.6. The summed E-state index contributed by atoms with van der Waals surface area (Å²) in [6.07, 6.45) is 2.06. The van der Waals surface area contributed by atoms with Gasteiger partial charge < -0.3 is 9.15 Å². The van der Waals surface area contributed by atoms with Crippen molar-refractivity contribution in [2.45, 2.75) is 12.1 Å². The van der Waals surface area contributed by atoms with Crippen LogP contribution in [0.15, 0.2) is 45.5 Å². The summed E-state index contributed by atoms with van der Waals surface area (Å²) in [5, 5.41) is 22.5. The van der Waals surface area contributed by atoms with Gasteiger partial charge in [0.2, 0.25) is 15.0 Å². The molecule has 33 heavy (non-hydrogen) atoms. The number of hydrogen-bond donors (Lipinski definition) is 1. The summed E-state index contributed by atoms with van der Waals surface area (Å²) < 4.78 is 37.4. The second kappa shape index (κ2) is 9.59. The molecule has 0 spiro atoms. The molecule has 2 aromatic heterocycles. The van der Waals surface area contributed by atoms with E-state index in [1.54, 1.807) is 19.1 Å². The number of nitriles is 1. The molecule has 0 atom stereocenters. The molecule has 12 nitrogen and oxygen atoms in total. The minimum absolute atomic E-state index is 0.0916. The lowest BCUT2D eigenvalue weighted by Crippen LogP contribution is -2.13. The number of amides is 1. The third kappa shape index (κ3) is 5.59. The molecule has 0 unspecified atom stereocenters. The van der Waals surface area contributed by atoms with Crippen LogP contribution in [0.4, 0.5) is 10.8 Å². The first kappa shape index (κ1) is 23.6. The van der Waals surface area contributed by atoms with E-state index in [2.05, 4.69) is 14.7 Å². The first-order valence-corrected chi connectivity index (χ1v) is 11.8. The minimum atomic E-state index is -3.65. The van der Waals surface area contributed by atoms with Gasteiger partial charge in [0, 0.05) is 23.9 Å². The lowest BCUT2D eigenvalue weighted by Gasteiger charge is -2.05. The van der Waals surface area contributed by atoms with Crippen LogP contribution in [0.5, 0.6) is 5.75 Å². The predicted octanol–water partition coefficient (Wildman–Crippen LogP) is 3.05. The fourth-order valence-electron chi connectivity index (χ4n) is 2.57. The van der Waals surface area contributed by atoms with Gasteiger partial charge >= 0.3 is 0 Å². The zero-order valence-electron chi connectivity index (χ0n) is 17.1. The van der Waals surface area contributed by atoms with Gasteiger partial charge in [-0.2, -0.15) is 14.6 Å². The zero-order chi connectivity index (χ0) is 24.2. The van der Waals surface area contributed by atoms with Crippen LogP contribution in [-0.2, 0) is 14.6 Å². The number of benzene rings is 1. The molecule has 2 heterocycles. The van der Waals surface area contributed by atoms with E-state index in [0.717, 1.165) is 12.3 Å². The van der Waals surface area contributed by atoms with Crippen LogP contribution < -0.4 is 10.1 Å². The standard InChI is InChI=1S/C19H15N5O7S2/c1-3-30-12-4-6-14(15(9-12)24(26)27)16-7-5-13(31-16)8-11(10-20)17(25)21-18-22-19(23-32-18)33(2,28)29/h4-9H,3H2,1-2H3,(H,21,22,23,25). The second-order valence-electron chi connectivity index (χ2n) is 6.35. The molecule has 14 heteroatoms. The molecule has 1 amide bonds. The summed E-state index contributed by atoms with van der Waals surface area (Å²) in [6, 6.07) is 8.92. The molecule has 0 aliphatic heterocycles. The number of furan rings is 1. The number of hydrogen-bond acceptors (Lipinski definition) is 11. The van der Waals surface area contributed by atoms with E-state index < -0.39 is 25.8 Å². The van der Waals surface area contributed by atoms with Gasteiger partial charge in [0.05, 0.1) is 23.2 Å². The highest BCUT2D eigenvalue weighted by molar-refractivity contribution is 7.90. The SMILES string of the molecule is CCOc1ccc(-c2ccc(C=C(C#N)C(=O)Nc3nc(S(C)(=O)=O)ns3)o2)c([N+](=O)[O-])c1. The number of carbonyl (C=O) groups excluding carboxylic acids is 1. The third-order valence-electron chi connectivity index (χ3n) is 3.98. The number of sulfone groups is 1. The number of nitro benzene ring substituents is 1. The summed E-state index contributed by atoms with van der Waals surface area (Å²) in [7, 11) is -3.65. The Balaban J connectivity index is 1.85. The quantitative estimate of drug-likeness (QED) is 0.214. The van der Waals surface area contributed by atoms with E-state index in [1.165, 1.54) is 24.3 Å². The molecule has 1 N–H and O–H groups in total. The largest absolute Gasteiger partial charge is 0.494 e. The topological polar surface area (TPSA) is 178 Å². The Morgan fingerprint density at radius 1 is 1.39 bits per heavy atom. The summed E-state index contributed by atoms with van der Waals surface area (Å²) in [4.78, 5) is 26.9. The van der Waals surface area contributed by atoms with Crippen molar-refractivity contribution in [2.24, 2.45) is 0 Å². The Morgan fingerprint density at radius 3 is 2.76 bits per heavy atom. The number of carbonyl (C=O) groups is 1. The number of nitrogens with one attached hydrogen (secondary N) is 1. The molecule has 0 fully saturated rings. The van der Waals surface area contributed by atoms with Crippen molar-refractivity contribution in [3.05, 3.63) is 51.8 Å². The minimum Gasteiger partial charge on any atom is -0.494 e. The van der Waals surface area contributed by atoms with Gasteiger partial charge in [-0.3, -0.25) is 20.2 Å². The molecule has 0 aliphatic carbocycles. The number of ether oxygens (including phenoxy) is 1. The molecule has 0 saturated carbocycles. The van der Waals surface area contributed by atoms with Gasteiger partial charge in [0.25, 0.3) is 16.8 Å². The molecular weight excluding hydrogens is 474 g/mol. The van der Waals surface area contributed by atoms with Crippen molar-refractivity contribution in [3.63, 3.8) is 0 Å². The average Bonchev–Trinajstić information content (AvgIpc) is 3.41. The fraction of sp³-hybridized carbons (Fsp3) is 0.158. The van der Waals surface area contributed by atoms with Crippen LogP contribution in [-0.4, -0.2) is 41.5 Å². The molecular formula is C19H15N5O7S2. The van der Waals surface area contributed by atoms with Gasteiger partial charge in [0.15, 0.2) is 0 Å². The molecule has 0 radical (unpaired) electrons. The summed E-state index contributed by atoms with van der Waals surface area (Å²) in [6.45, 7) is 2.10. The Labute approximate surface area is 191 Å². The van der Waals surface area contributed by atoms with E-state index in [4.69, 9.17) is 9.15 Å². The van der Waals surface area contributed by atoms with Crippen molar-refractivity contribution in [3.8, 4) is 23.1 Å². The zero-order valence-corrected chi connectivity index (χ0v) is 18.8. The summed E-state index contributed by atoms with van der Waals surface area (Å²) in [5.41, 5.74) is -0.413. The molecule has 1 aromatic carbocycles. The van der Waals surface area contributed by atoms with Crippen molar-refractivity contribution in [1.29, 1.82) is 5.26 Å². The smallest absolute Gasteiger partial charge is 0.284 e. The summed E-state index contributed by atoms with van der Waals surface area (Å²) in [5.74, 6) is -0.290.